The zero-order chi connectivity index (χ0) is 22.0. The number of likely N-dealkylation sites (N-methyl/N-ethyl adjacent to an activating group) is 1. The predicted octanol–water partition coefficient (Wildman–Crippen LogP) is 2.40. The van der Waals surface area contributed by atoms with Gasteiger partial charge in [-0.3, -0.25) is 4.79 Å². The summed E-state index contributed by atoms with van der Waals surface area (Å²) in [7, 11) is 3.49. The number of nitrogens with one attached hydrogen (secondary N) is 1. The van der Waals surface area contributed by atoms with Crippen molar-refractivity contribution in [2.24, 2.45) is 10.9 Å². The number of rotatable bonds is 7. The molecule has 8 nitrogen and oxygen atoms in total. The predicted molar refractivity (Wildman–Crippen MR) is 117 cm³/mol. The number of piperidine rings is 1. The molecule has 0 atom stereocenters. The Morgan fingerprint density at radius 2 is 1.79 bits per heavy atom. The van der Waals surface area contributed by atoms with Gasteiger partial charge in [0.15, 0.2) is 5.96 Å². The van der Waals surface area contributed by atoms with Crippen LogP contribution in [0.4, 0.5) is 4.79 Å². The van der Waals surface area contributed by atoms with E-state index in [1.165, 1.54) is 0 Å². The van der Waals surface area contributed by atoms with Gasteiger partial charge in [-0.1, -0.05) is 6.92 Å². The fourth-order valence-corrected chi connectivity index (χ4v) is 3.09. The molecule has 0 aromatic heterocycles. The van der Waals surface area contributed by atoms with E-state index in [1.54, 1.807) is 23.9 Å². The van der Waals surface area contributed by atoms with Crippen molar-refractivity contribution < 1.29 is 14.3 Å². The van der Waals surface area contributed by atoms with E-state index in [1.807, 2.05) is 27.7 Å². The normalized spacial score (nSPS) is 15.8. The lowest BCUT2D eigenvalue weighted by Crippen LogP contribution is -2.48. The van der Waals surface area contributed by atoms with Crippen molar-refractivity contribution >= 4 is 18.0 Å². The highest BCUT2D eigenvalue weighted by Gasteiger charge is 2.27. The molecule has 29 heavy (non-hydrogen) atoms. The molecule has 1 fully saturated rings. The summed E-state index contributed by atoms with van der Waals surface area (Å²) in [6.07, 6.45) is 2.72. The number of nitrogens with zero attached hydrogens (tertiary/aromatic N) is 4. The summed E-state index contributed by atoms with van der Waals surface area (Å²) in [4.78, 5) is 34.4. The maximum absolute atomic E-state index is 12.4. The molecule has 1 aliphatic heterocycles. The number of carbonyl (C=O) groups is 2. The molecule has 1 N–H and O–H groups in total. The average Bonchev–Trinajstić information content (AvgIpc) is 2.65. The first-order valence-electron chi connectivity index (χ1n) is 10.8. The highest BCUT2D eigenvalue weighted by atomic mass is 16.6. The third kappa shape index (κ3) is 9.37. The molecule has 1 heterocycles. The van der Waals surface area contributed by atoms with Crippen molar-refractivity contribution in [3.05, 3.63) is 0 Å². The van der Waals surface area contributed by atoms with Crippen LogP contribution in [-0.2, 0) is 9.53 Å². The molecule has 0 radical (unpaired) electrons. The lowest BCUT2D eigenvalue weighted by molar-refractivity contribution is -0.127. The number of ether oxygens (including phenoxy) is 1. The van der Waals surface area contributed by atoms with Gasteiger partial charge in [0.1, 0.15) is 12.1 Å². The summed E-state index contributed by atoms with van der Waals surface area (Å²) in [6, 6.07) is 0. The Hall–Kier alpha value is -1.99. The quantitative estimate of drug-likeness (QED) is 0.514. The standard InChI is InChI=1S/C21H41N5O3/c1-8-12-22-19(23-15-18(27)24(6)7)26-13-10-17(11-14-26)16-25(9-2)20(28)29-21(3,4)5/h17H,8-16H2,1-7H3,(H,22,23). The summed E-state index contributed by atoms with van der Waals surface area (Å²) >= 11 is 0. The van der Waals surface area contributed by atoms with Crippen molar-refractivity contribution in [2.75, 3.05) is 53.4 Å². The Labute approximate surface area is 176 Å². The molecule has 0 aromatic carbocycles. The van der Waals surface area contributed by atoms with Gasteiger partial charge in [-0.15, -0.1) is 0 Å². The van der Waals surface area contributed by atoms with E-state index in [0.29, 0.717) is 19.0 Å². The van der Waals surface area contributed by atoms with E-state index in [-0.39, 0.29) is 18.5 Å². The summed E-state index contributed by atoms with van der Waals surface area (Å²) in [5, 5.41) is 3.36. The minimum atomic E-state index is -0.478. The van der Waals surface area contributed by atoms with E-state index >= 15 is 0 Å². The van der Waals surface area contributed by atoms with Crippen LogP contribution < -0.4 is 5.32 Å². The Morgan fingerprint density at radius 3 is 2.28 bits per heavy atom. The molecule has 0 aromatic rings. The number of likely N-dealkylation sites (tertiary alicyclic amines) is 1. The fourth-order valence-electron chi connectivity index (χ4n) is 3.09. The third-order valence-electron chi connectivity index (χ3n) is 4.82. The second kappa shape index (κ2) is 11.9. The largest absolute Gasteiger partial charge is 0.444 e. The monoisotopic (exact) mass is 411 g/mol. The molecule has 1 saturated heterocycles. The second-order valence-corrected chi connectivity index (χ2v) is 8.80. The molecule has 1 aliphatic rings. The van der Waals surface area contributed by atoms with E-state index in [0.717, 1.165) is 44.9 Å². The Bertz CT molecular complexity index is 549. The van der Waals surface area contributed by atoms with Crippen LogP contribution in [0.5, 0.6) is 0 Å². The second-order valence-electron chi connectivity index (χ2n) is 8.80. The number of hydrogen-bond acceptors (Lipinski definition) is 4. The Balaban J connectivity index is 2.63. The summed E-state index contributed by atoms with van der Waals surface area (Å²) in [6.45, 7) is 13.8. The summed E-state index contributed by atoms with van der Waals surface area (Å²) in [5.41, 5.74) is -0.478. The highest BCUT2D eigenvalue weighted by Crippen LogP contribution is 2.20. The first-order chi connectivity index (χ1) is 13.6. The third-order valence-corrected chi connectivity index (χ3v) is 4.82. The molecular formula is C21H41N5O3. The van der Waals surface area contributed by atoms with Crippen LogP contribution >= 0.6 is 0 Å². The molecule has 0 bridgehead atoms. The smallest absolute Gasteiger partial charge is 0.410 e. The van der Waals surface area contributed by atoms with Gasteiger partial charge in [-0.25, -0.2) is 9.79 Å². The van der Waals surface area contributed by atoms with Gasteiger partial charge in [0.25, 0.3) is 0 Å². The molecule has 1 rings (SSSR count). The summed E-state index contributed by atoms with van der Waals surface area (Å²) < 4.78 is 5.52. The maximum Gasteiger partial charge on any atom is 0.410 e. The zero-order valence-corrected chi connectivity index (χ0v) is 19.5. The van der Waals surface area contributed by atoms with Crippen LogP contribution in [0.2, 0.25) is 0 Å². The molecular weight excluding hydrogens is 370 g/mol. The molecule has 0 saturated carbocycles. The van der Waals surface area contributed by atoms with Crippen molar-refractivity contribution in [3.63, 3.8) is 0 Å². The number of hydrogen-bond donors (Lipinski definition) is 1. The molecule has 2 amide bonds. The van der Waals surface area contributed by atoms with Crippen LogP contribution in [0.25, 0.3) is 0 Å². The van der Waals surface area contributed by atoms with Crippen LogP contribution in [0.15, 0.2) is 4.99 Å². The maximum atomic E-state index is 12.4. The lowest BCUT2D eigenvalue weighted by Gasteiger charge is -2.36. The molecule has 0 aliphatic carbocycles. The van der Waals surface area contributed by atoms with Crippen LogP contribution in [0.1, 0.15) is 53.9 Å². The average molecular weight is 412 g/mol. The van der Waals surface area contributed by atoms with Crippen LogP contribution in [-0.4, -0.2) is 91.6 Å². The summed E-state index contributed by atoms with van der Waals surface area (Å²) in [5.74, 6) is 1.24. The minimum Gasteiger partial charge on any atom is -0.444 e. The van der Waals surface area contributed by atoms with Gasteiger partial charge < -0.3 is 24.8 Å². The van der Waals surface area contributed by atoms with E-state index in [4.69, 9.17) is 4.74 Å². The van der Waals surface area contributed by atoms with Crippen LogP contribution in [0.3, 0.4) is 0 Å². The molecule has 8 heteroatoms. The van der Waals surface area contributed by atoms with Gasteiger partial charge in [0, 0.05) is 46.8 Å². The zero-order valence-electron chi connectivity index (χ0n) is 19.5. The minimum absolute atomic E-state index is 0.00775. The van der Waals surface area contributed by atoms with Gasteiger partial charge in [0.05, 0.1) is 0 Å². The van der Waals surface area contributed by atoms with Crippen molar-refractivity contribution in [2.45, 2.75) is 59.5 Å². The number of guanidine groups is 1. The van der Waals surface area contributed by atoms with Gasteiger partial charge in [-0.2, -0.15) is 0 Å². The molecule has 0 spiro atoms. The Morgan fingerprint density at radius 1 is 1.17 bits per heavy atom. The first kappa shape index (κ1) is 25.0. The lowest BCUT2D eigenvalue weighted by atomic mass is 9.96. The molecule has 168 valence electrons. The highest BCUT2D eigenvalue weighted by molar-refractivity contribution is 5.84. The van der Waals surface area contributed by atoms with E-state index in [9.17, 15) is 9.59 Å². The topological polar surface area (TPSA) is 77.5 Å². The number of aliphatic imine (C=N–C) groups is 1. The van der Waals surface area contributed by atoms with E-state index < -0.39 is 5.60 Å². The van der Waals surface area contributed by atoms with Crippen molar-refractivity contribution in [1.82, 2.24) is 20.0 Å². The SMILES string of the molecule is CCCNC(=NCC(=O)N(C)C)N1CCC(CN(CC)C(=O)OC(C)(C)C)CC1. The van der Waals surface area contributed by atoms with Gasteiger partial charge in [-0.05, 0) is 52.9 Å². The van der Waals surface area contributed by atoms with Gasteiger partial charge >= 0.3 is 6.09 Å². The number of amides is 2. The molecule has 0 unspecified atom stereocenters. The Kier molecular flexibility index (Phi) is 10.3. The van der Waals surface area contributed by atoms with E-state index in [2.05, 4.69) is 22.1 Å². The number of carbonyl (C=O) groups excluding carboxylic acids is 2. The van der Waals surface area contributed by atoms with Crippen molar-refractivity contribution in [1.29, 1.82) is 0 Å². The first-order valence-corrected chi connectivity index (χ1v) is 10.8. The van der Waals surface area contributed by atoms with Crippen molar-refractivity contribution in [3.8, 4) is 0 Å². The van der Waals surface area contributed by atoms with Gasteiger partial charge in [0.2, 0.25) is 5.91 Å². The fraction of sp³-hybridized carbons (Fsp3) is 0.857. The van der Waals surface area contributed by atoms with Crippen LogP contribution in [0, 0.1) is 5.92 Å².